The molecule has 3 aromatic carbocycles. The summed E-state index contributed by atoms with van der Waals surface area (Å²) in [6, 6.07) is 19.1. The van der Waals surface area contributed by atoms with Crippen LogP contribution in [0, 0.1) is 29.1 Å². The highest BCUT2D eigenvalue weighted by Gasteiger charge is 2.67. The summed E-state index contributed by atoms with van der Waals surface area (Å²) in [7, 11) is 1.41. The smallest absolute Gasteiger partial charge is 0.241 e. The first-order valence-corrected chi connectivity index (χ1v) is 15.3. The lowest BCUT2D eigenvalue weighted by molar-refractivity contribution is -0.131. The van der Waals surface area contributed by atoms with Crippen molar-refractivity contribution in [1.29, 1.82) is 0 Å². The molecule has 2 aliphatic heterocycles. The fourth-order valence-corrected chi connectivity index (χ4v) is 8.37. The second-order valence-corrected chi connectivity index (χ2v) is 12.8. The Kier molecular flexibility index (Phi) is 6.74. The van der Waals surface area contributed by atoms with Gasteiger partial charge in [0.05, 0.1) is 46.7 Å². The van der Waals surface area contributed by atoms with Gasteiger partial charge < -0.3 is 9.84 Å². The number of methoxy groups -OCH3 is 1. The van der Waals surface area contributed by atoms with Gasteiger partial charge in [0.15, 0.2) is 11.5 Å². The monoisotopic (exact) mass is 622 g/mol. The van der Waals surface area contributed by atoms with E-state index in [1.54, 1.807) is 73.7 Å². The van der Waals surface area contributed by atoms with Crippen molar-refractivity contribution in [2.24, 2.45) is 29.1 Å². The summed E-state index contributed by atoms with van der Waals surface area (Å²) < 4.78 is 5.43. The number of halogens is 1. The Hall–Kier alpha value is -4.69. The summed E-state index contributed by atoms with van der Waals surface area (Å²) in [5.41, 5.74) is 1.99. The van der Waals surface area contributed by atoms with Crippen LogP contribution in [-0.4, -0.2) is 35.8 Å². The number of nitrogens with zero attached hydrogens (tertiary/aromatic N) is 2. The third-order valence-electron chi connectivity index (χ3n) is 10.3. The number of para-hydroxylation sites is 1. The Labute approximate surface area is 265 Å². The molecule has 2 aliphatic carbocycles. The number of aromatic hydroxyl groups is 1. The number of phenolic OH excluding ortho intramolecular Hbond substituents is 1. The first-order chi connectivity index (χ1) is 21.6. The molecule has 7 rings (SSSR count). The molecule has 1 N–H and O–H groups in total. The summed E-state index contributed by atoms with van der Waals surface area (Å²) >= 11 is 6.49. The number of amides is 4. The van der Waals surface area contributed by atoms with Crippen LogP contribution in [0.25, 0.3) is 6.08 Å². The van der Waals surface area contributed by atoms with Crippen LogP contribution in [0.1, 0.15) is 36.8 Å². The number of imide groups is 2. The number of carbonyl (C=O) groups is 4. The van der Waals surface area contributed by atoms with Gasteiger partial charge >= 0.3 is 0 Å². The molecule has 2 saturated heterocycles. The van der Waals surface area contributed by atoms with Gasteiger partial charge in [0, 0.05) is 5.92 Å². The van der Waals surface area contributed by atoms with Crippen LogP contribution in [0.3, 0.4) is 0 Å². The number of hydrogen-bond donors (Lipinski definition) is 1. The molecule has 3 fully saturated rings. The molecule has 6 atom stereocenters. The zero-order valence-electron chi connectivity index (χ0n) is 24.8. The molecule has 9 heteroatoms. The highest BCUT2D eigenvalue weighted by molar-refractivity contribution is 6.32. The van der Waals surface area contributed by atoms with Gasteiger partial charge in [0.1, 0.15) is 0 Å². The van der Waals surface area contributed by atoms with Crippen molar-refractivity contribution in [3.63, 3.8) is 0 Å². The minimum atomic E-state index is -1.24. The van der Waals surface area contributed by atoms with Crippen LogP contribution >= 0.6 is 11.6 Å². The molecule has 2 heterocycles. The molecular formula is C36H31ClN2O6. The average Bonchev–Trinajstić information content (AvgIpc) is 3.42. The van der Waals surface area contributed by atoms with E-state index in [1.165, 1.54) is 16.9 Å². The lowest BCUT2D eigenvalue weighted by atomic mass is 9.51. The number of phenols is 1. The first-order valence-electron chi connectivity index (χ1n) is 14.9. The average molecular weight is 623 g/mol. The number of ether oxygens (including phenoxy) is 1. The molecule has 228 valence electrons. The molecule has 0 spiro atoms. The predicted octanol–water partition coefficient (Wildman–Crippen LogP) is 6.13. The van der Waals surface area contributed by atoms with Crippen molar-refractivity contribution in [3.05, 3.63) is 101 Å². The van der Waals surface area contributed by atoms with E-state index in [2.05, 4.69) is 6.58 Å². The van der Waals surface area contributed by atoms with Crippen molar-refractivity contribution in [2.45, 2.75) is 25.7 Å². The van der Waals surface area contributed by atoms with E-state index < -0.39 is 35.0 Å². The second kappa shape index (κ2) is 10.4. The maximum Gasteiger partial charge on any atom is 0.241 e. The van der Waals surface area contributed by atoms with Crippen molar-refractivity contribution < 1.29 is 29.0 Å². The van der Waals surface area contributed by atoms with Gasteiger partial charge in [-0.2, -0.15) is 0 Å². The number of benzene rings is 3. The molecule has 0 aromatic heterocycles. The van der Waals surface area contributed by atoms with Gasteiger partial charge in [-0.15, -0.1) is 0 Å². The van der Waals surface area contributed by atoms with Crippen molar-refractivity contribution >= 4 is 52.7 Å². The number of rotatable bonds is 5. The lowest BCUT2D eigenvalue weighted by Crippen LogP contribution is -2.48. The van der Waals surface area contributed by atoms with Crippen LogP contribution in [0.15, 0.2) is 85.0 Å². The molecule has 0 bridgehead atoms. The van der Waals surface area contributed by atoms with E-state index in [4.69, 9.17) is 16.3 Å². The fraction of sp³-hybridized carbons (Fsp3) is 0.278. The summed E-state index contributed by atoms with van der Waals surface area (Å²) in [6.07, 6.45) is 4.21. The highest BCUT2D eigenvalue weighted by Crippen LogP contribution is 2.64. The highest BCUT2D eigenvalue weighted by atomic mass is 35.5. The topological polar surface area (TPSA) is 104 Å². The van der Waals surface area contributed by atoms with Crippen LogP contribution < -0.4 is 14.5 Å². The zero-order chi connectivity index (χ0) is 31.8. The molecule has 3 aromatic rings. The SMILES string of the molecule is C=Cc1ccc(N2C(=O)[C@H]3[C@H](CC=C4[C@H]3C[C@H]3C(=O)N(c5ccccc5)C(=O)[C@@]3(C)[C@H]4c3cc(Cl)c(O)c(OC)c3)C2=O)cc1. The van der Waals surface area contributed by atoms with E-state index in [9.17, 15) is 24.3 Å². The molecular weight excluding hydrogens is 592 g/mol. The number of allylic oxidation sites excluding steroid dienone is 2. The Bertz CT molecular complexity index is 1820. The number of carbonyl (C=O) groups excluding carboxylic acids is 4. The molecule has 4 amide bonds. The number of hydrogen-bond acceptors (Lipinski definition) is 6. The van der Waals surface area contributed by atoms with E-state index >= 15 is 0 Å². The minimum Gasteiger partial charge on any atom is -0.503 e. The normalized spacial score (nSPS) is 28.9. The van der Waals surface area contributed by atoms with E-state index in [0.717, 1.165) is 11.1 Å². The van der Waals surface area contributed by atoms with E-state index in [-0.39, 0.29) is 46.6 Å². The van der Waals surface area contributed by atoms with Crippen molar-refractivity contribution in [3.8, 4) is 11.5 Å². The van der Waals surface area contributed by atoms with Gasteiger partial charge in [0.25, 0.3) is 0 Å². The Morgan fingerprint density at radius 1 is 0.933 bits per heavy atom. The summed E-state index contributed by atoms with van der Waals surface area (Å²) in [6.45, 7) is 5.58. The lowest BCUT2D eigenvalue weighted by Gasteiger charge is -2.49. The van der Waals surface area contributed by atoms with Gasteiger partial charge in [-0.25, -0.2) is 4.90 Å². The van der Waals surface area contributed by atoms with Crippen molar-refractivity contribution in [2.75, 3.05) is 16.9 Å². The van der Waals surface area contributed by atoms with Gasteiger partial charge in [-0.1, -0.05) is 66.2 Å². The first kappa shape index (κ1) is 29.0. The Morgan fingerprint density at radius 3 is 2.29 bits per heavy atom. The quantitative estimate of drug-likeness (QED) is 0.271. The molecule has 8 nitrogen and oxygen atoms in total. The summed E-state index contributed by atoms with van der Waals surface area (Å²) in [4.78, 5) is 59.3. The Morgan fingerprint density at radius 2 is 1.62 bits per heavy atom. The van der Waals surface area contributed by atoms with E-state index in [1.807, 2.05) is 12.1 Å². The molecule has 1 saturated carbocycles. The Balaban J connectivity index is 1.38. The largest absolute Gasteiger partial charge is 0.503 e. The van der Waals surface area contributed by atoms with E-state index in [0.29, 0.717) is 23.4 Å². The third kappa shape index (κ3) is 4.05. The summed E-state index contributed by atoms with van der Waals surface area (Å²) in [5.74, 6) is -4.61. The van der Waals surface area contributed by atoms with Crippen LogP contribution in [-0.2, 0) is 19.2 Å². The minimum absolute atomic E-state index is 0.0406. The standard InChI is InChI=1S/C36H31ClN2O6/c1-4-19-10-12-22(13-11-19)38-32(41)24-15-14-23-25(29(24)34(38)43)18-26-33(42)39(21-8-6-5-7-9-21)35(44)36(26,2)30(23)20-16-27(37)31(40)28(17-20)45-3/h4-14,16-17,24-26,29-30,40H,1,15,18H2,2-3H3/t24-,25+,26-,29-,30-,36+/m0/s1. The molecule has 0 radical (unpaired) electrons. The van der Waals surface area contributed by atoms with Gasteiger partial charge in [0.2, 0.25) is 23.6 Å². The van der Waals surface area contributed by atoms with Gasteiger partial charge in [-0.3, -0.25) is 24.1 Å². The maximum absolute atomic E-state index is 14.5. The second-order valence-electron chi connectivity index (χ2n) is 12.4. The number of fused-ring (bicyclic) bond motifs is 4. The fourth-order valence-electron chi connectivity index (χ4n) is 8.15. The van der Waals surface area contributed by atoms with Crippen LogP contribution in [0.4, 0.5) is 11.4 Å². The maximum atomic E-state index is 14.5. The van der Waals surface area contributed by atoms with Crippen LogP contribution in [0.2, 0.25) is 5.02 Å². The number of anilines is 2. The van der Waals surface area contributed by atoms with Crippen LogP contribution in [0.5, 0.6) is 11.5 Å². The molecule has 0 unspecified atom stereocenters. The molecule has 45 heavy (non-hydrogen) atoms. The van der Waals surface area contributed by atoms with Crippen molar-refractivity contribution in [1.82, 2.24) is 0 Å². The summed E-state index contributed by atoms with van der Waals surface area (Å²) in [5, 5.41) is 10.6. The predicted molar refractivity (Wildman–Crippen MR) is 170 cm³/mol. The van der Waals surface area contributed by atoms with Gasteiger partial charge in [-0.05, 0) is 73.2 Å². The zero-order valence-corrected chi connectivity index (χ0v) is 25.5. The third-order valence-corrected chi connectivity index (χ3v) is 10.6. The molecule has 4 aliphatic rings.